The van der Waals surface area contributed by atoms with Gasteiger partial charge in [0, 0.05) is 13.0 Å². The van der Waals surface area contributed by atoms with E-state index in [-0.39, 0.29) is 24.1 Å². The van der Waals surface area contributed by atoms with Gasteiger partial charge in [-0.05, 0) is 37.1 Å². The molecule has 0 atom stereocenters. The Morgan fingerprint density at radius 2 is 1.83 bits per heavy atom. The largest absolute Gasteiger partial charge is 0.352 e. The number of halogens is 2. The van der Waals surface area contributed by atoms with Crippen LogP contribution in [0.1, 0.15) is 31.2 Å². The summed E-state index contributed by atoms with van der Waals surface area (Å²) in [4.78, 5) is 11.4. The molecule has 0 unspecified atom stereocenters. The van der Waals surface area contributed by atoms with Crippen molar-refractivity contribution in [2.75, 3.05) is 6.54 Å². The highest BCUT2D eigenvalue weighted by Crippen LogP contribution is 2.03. The van der Waals surface area contributed by atoms with E-state index in [0.29, 0.717) is 19.5 Å². The van der Waals surface area contributed by atoms with Crippen LogP contribution in [0.3, 0.4) is 0 Å². The molecule has 102 valence electrons. The second kappa shape index (κ2) is 9.85. The lowest BCUT2D eigenvalue weighted by atomic mass is 10.2. The molecule has 0 aromatic heterocycles. The maximum Gasteiger partial charge on any atom is 0.220 e. The molecule has 0 heterocycles. The molecule has 0 aliphatic heterocycles. The number of benzene rings is 1. The smallest absolute Gasteiger partial charge is 0.220 e. The number of carbonyl (C=O) groups excluding carboxylic acids is 1. The number of rotatable bonds is 7. The predicted octanol–water partition coefficient (Wildman–Crippen LogP) is 2.38. The molecule has 1 aromatic rings. The van der Waals surface area contributed by atoms with Gasteiger partial charge in [0.2, 0.25) is 5.91 Å². The van der Waals surface area contributed by atoms with Crippen molar-refractivity contribution < 1.29 is 9.18 Å². The number of amides is 1. The van der Waals surface area contributed by atoms with Gasteiger partial charge in [-0.25, -0.2) is 4.39 Å². The van der Waals surface area contributed by atoms with E-state index in [1.165, 1.54) is 12.1 Å². The Hall–Kier alpha value is -1.13. The number of unbranched alkanes of at least 4 members (excludes halogenated alkanes) is 2. The van der Waals surface area contributed by atoms with Crippen LogP contribution in [-0.4, -0.2) is 12.5 Å². The average Bonchev–Trinajstić information content (AvgIpc) is 2.34. The van der Waals surface area contributed by atoms with Crippen LogP contribution in [0, 0.1) is 5.82 Å². The van der Waals surface area contributed by atoms with Gasteiger partial charge in [-0.2, -0.15) is 0 Å². The Morgan fingerprint density at radius 3 is 2.44 bits per heavy atom. The molecule has 1 rings (SSSR count). The predicted molar refractivity (Wildman–Crippen MR) is 73.0 cm³/mol. The van der Waals surface area contributed by atoms with E-state index in [0.717, 1.165) is 24.8 Å². The van der Waals surface area contributed by atoms with E-state index in [2.05, 4.69) is 5.32 Å². The number of nitrogens with two attached hydrogens (primary N) is 1. The van der Waals surface area contributed by atoms with E-state index in [1.807, 2.05) is 0 Å². The molecule has 0 saturated carbocycles. The summed E-state index contributed by atoms with van der Waals surface area (Å²) in [7, 11) is 0. The molecule has 0 aliphatic rings. The van der Waals surface area contributed by atoms with Gasteiger partial charge in [0.25, 0.3) is 0 Å². The summed E-state index contributed by atoms with van der Waals surface area (Å²) in [6.07, 6.45) is 3.35. The molecule has 0 bridgehead atoms. The second-order valence-corrected chi connectivity index (χ2v) is 4.00. The van der Waals surface area contributed by atoms with Crippen molar-refractivity contribution in [2.45, 2.75) is 32.2 Å². The second-order valence-electron chi connectivity index (χ2n) is 4.00. The lowest BCUT2D eigenvalue weighted by molar-refractivity contribution is -0.121. The average molecular weight is 275 g/mol. The third-order valence-electron chi connectivity index (χ3n) is 2.51. The molecule has 1 aromatic carbocycles. The summed E-state index contributed by atoms with van der Waals surface area (Å²) >= 11 is 0. The Kier molecular flexibility index (Phi) is 9.24. The van der Waals surface area contributed by atoms with Crippen molar-refractivity contribution in [1.82, 2.24) is 5.32 Å². The van der Waals surface area contributed by atoms with Crippen molar-refractivity contribution in [3.8, 4) is 0 Å². The van der Waals surface area contributed by atoms with Crippen LogP contribution < -0.4 is 11.1 Å². The highest BCUT2D eigenvalue weighted by molar-refractivity contribution is 5.85. The van der Waals surface area contributed by atoms with E-state index in [4.69, 9.17) is 5.73 Å². The Balaban J connectivity index is 0.00000289. The standard InChI is InChI=1S/C13H19FN2O.ClH/c14-12-7-5-11(6-8-12)10-16-13(17)4-2-1-3-9-15;/h5-8H,1-4,9-10,15H2,(H,16,17);1H. The molecule has 0 spiro atoms. The normalized spacial score (nSPS) is 9.67. The summed E-state index contributed by atoms with van der Waals surface area (Å²) in [5.74, 6) is -0.229. The molecular formula is C13H20ClFN2O. The molecule has 1 amide bonds. The summed E-state index contributed by atoms with van der Waals surface area (Å²) in [5, 5.41) is 2.80. The molecule has 3 nitrogen and oxygen atoms in total. The fraction of sp³-hybridized carbons (Fsp3) is 0.462. The SMILES string of the molecule is Cl.NCCCCCC(=O)NCc1ccc(F)cc1. The maximum absolute atomic E-state index is 12.6. The molecule has 0 saturated heterocycles. The van der Waals surface area contributed by atoms with Crippen molar-refractivity contribution in [3.63, 3.8) is 0 Å². The topological polar surface area (TPSA) is 55.1 Å². The van der Waals surface area contributed by atoms with Crippen molar-refractivity contribution in [1.29, 1.82) is 0 Å². The third-order valence-corrected chi connectivity index (χ3v) is 2.51. The van der Waals surface area contributed by atoms with E-state index < -0.39 is 0 Å². The first-order chi connectivity index (χ1) is 8.22. The zero-order valence-corrected chi connectivity index (χ0v) is 11.1. The number of hydrogen-bond acceptors (Lipinski definition) is 2. The maximum atomic E-state index is 12.6. The van der Waals surface area contributed by atoms with Gasteiger partial charge in [-0.15, -0.1) is 12.4 Å². The van der Waals surface area contributed by atoms with Gasteiger partial charge in [0.05, 0.1) is 0 Å². The van der Waals surface area contributed by atoms with Crippen molar-refractivity contribution in [3.05, 3.63) is 35.6 Å². The highest BCUT2D eigenvalue weighted by Gasteiger charge is 2.01. The number of hydrogen-bond donors (Lipinski definition) is 2. The molecule has 5 heteroatoms. The first kappa shape index (κ1) is 16.9. The quantitative estimate of drug-likeness (QED) is 0.750. The van der Waals surface area contributed by atoms with Gasteiger partial charge in [0.1, 0.15) is 5.82 Å². The number of carbonyl (C=O) groups is 1. The minimum absolute atomic E-state index is 0. The molecule has 3 N–H and O–H groups in total. The Morgan fingerprint density at radius 1 is 1.17 bits per heavy atom. The van der Waals surface area contributed by atoms with E-state index in [9.17, 15) is 9.18 Å². The summed E-state index contributed by atoms with van der Waals surface area (Å²) < 4.78 is 12.6. The van der Waals surface area contributed by atoms with Crippen LogP contribution in [0.2, 0.25) is 0 Å². The van der Waals surface area contributed by atoms with Crippen LogP contribution in [-0.2, 0) is 11.3 Å². The zero-order chi connectivity index (χ0) is 12.5. The fourth-order valence-corrected chi connectivity index (χ4v) is 1.50. The molecule has 0 fully saturated rings. The lowest BCUT2D eigenvalue weighted by Crippen LogP contribution is -2.22. The first-order valence-corrected chi connectivity index (χ1v) is 5.93. The monoisotopic (exact) mass is 274 g/mol. The van der Waals surface area contributed by atoms with Crippen LogP contribution in [0.25, 0.3) is 0 Å². The Labute approximate surface area is 113 Å². The van der Waals surface area contributed by atoms with E-state index >= 15 is 0 Å². The third kappa shape index (κ3) is 7.25. The van der Waals surface area contributed by atoms with Crippen LogP contribution >= 0.6 is 12.4 Å². The molecular weight excluding hydrogens is 255 g/mol. The lowest BCUT2D eigenvalue weighted by Gasteiger charge is -2.05. The minimum Gasteiger partial charge on any atom is -0.352 e. The van der Waals surface area contributed by atoms with Crippen LogP contribution in [0.4, 0.5) is 4.39 Å². The minimum atomic E-state index is -0.262. The van der Waals surface area contributed by atoms with Crippen molar-refractivity contribution in [2.24, 2.45) is 5.73 Å². The van der Waals surface area contributed by atoms with Crippen molar-refractivity contribution >= 4 is 18.3 Å². The van der Waals surface area contributed by atoms with Gasteiger partial charge >= 0.3 is 0 Å². The fourth-order valence-electron chi connectivity index (χ4n) is 1.50. The van der Waals surface area contributed by atoms with E-state index in [1.54, 1.807) is 12.1 Å². The highest BCUT2D eigenvalue weighted by atomic mass is 35.5. The summed E-state index contributed by atoms with van der Waals surface area (Å²) in [5.41, 5.74) is 6.27. The van der Waals surface area contributed by atoms with Gasteiger partial charge in [-0.3, -0.25) is 4.79 Å². The van der Waals surface area contributed by atoms with Gasteiger partial charge < -0.3 is 11.1 Å². The van der Waals surface area contributed by atoms with Crippen LogP contribution in [0.15, 0.2) is 24.3 Å². The molecule has 18 heavy (non-hydrogen) atoms. The molecule has 0 aliphatic carbocycles. The van der Waals surface area contributed by atoms with Gasteiger partial charge in [-0.1, -0.05) is 18.6 Å². The molecule has 0 radical (unpaired) electrons. The first-order valence-electron chi connectivity index (χ1n) is 5.93. The zero-order valence-electron chi connectivity index (χ0n) is 10.3. The van der Waals surface area contributed by atoms with Gasteiger partial charge in [0.15, 0.2) is 0 Å². The number of nitrogens with one attached hydrogen (secondary N) is 1. The van der Waals surface area contributed by atoms with Crippen LogP contribution in [0.5, 0.6) is 0 Å². The Bertz CT molecular complexity index is 343. The summed E-state index contributed by atoms with van der Waals surface area (Å²) in [6, 6.07) is 6.12. The summed E-state index contributed by atoms with van der Waals surface area (Å²) in [6.45, 7) is 1.13.